The van der Waals surface area contributed by atoms with Crippen LogP contribution in [0.3, 0.4) is 0 Å². The van der Waals surface area contributed by atoms with E-state index in [1.54, 1.807) is 0 Å². The van der Waals surface area contributed by atoms with E-state index in [0.29, 0.717) is 4.60 Å². The first kappa shape index (κ1) is 23.3. The van der Waals surface area contributed by atoms with Crippen LogP contribution in [0.2, 0.25) is 0 Å². The Bertz CT molecular complexity index is 1220. The average Bonchev–Trinajstić information content (AvgIpc) is 2.69. The molecule has 3 rings (SSSR count). The van der Waals surface area contributed by atoms with Gasteiger partial charge in [-0.05, 0) is 40.2 Å². The van der Waals surface area contributed by atoms with Crippen molar-refractivity contribution in [1.82, 2.24) is 9.55 Å². The van der Waals surface area contributed by atoms with E-state index in [4.69, 9.17) is 5.73 Å². The minimum Gasteiger partial charge on any atom is -0.399 e. The van der Waals surface area contributed by atoms with Crippen molar-refractivity contribution in [2.24, 2.45) is 7.05 Å². The molecular formula is C17H13BrF2N6O5. The number of nitro benzene ring substituents is 2. The number of nitrogens with zero attached hydrogens (tertiary/aromatic N) is 4. The zero-order valence-electron chi connectivity index (χ0n) is 15.6. The number of nitro groups is 2. The van der Waals surface area contributed by atoms with Gasteiger partial charge in [-0.15, -0.1) is 0 Å². The van der Waals surface area contributed by atoms with Crippen LogP contribution in [0.15, 0.2) is 52.0 Å². The summed E-state index contributed by atoms with van der Waals surface area (Å²) in [5.41, 5.74) is 3.88. The fraction of sp³-hybridized carbons (Fsp3) is 0.0588. The maximum Gasteiger partial charge on any atom is 0.306 e. The molecule has 0 aliphatic carbocycles. The van der Waals surface area contributed by atoms with Gasteiger partial charge in [0.25, 0.3) is 5.56 Å². The number of aryl methyl sites for hydroxylation is 1. The molecule has 2 aromatic carbocycles. The zero-order valence-corrected chi connectivity index (χ0v) is 17.2. The van der Waals surface area contributed by atoms with Crippen LogP contribution in [0.25, 0.3) is 0 Å². The predicted octanol–water partition coefficient (Wildman–Crippen LogP) is 3.65. The SMILES string of the molecule is Cn1cc(Br)nc(Nc2ccc(F)c([N+](=O)[O-])c2)c1=O.Nc1ccc(F)c([N+](=O)[O-])c1. The second-order valence-electron chi connectivity index (χ2n) is 5.84. The number of rotatable bonds is 4. The molecule has 162 valence electrons. The Labute approximate surface area is 180 Å². The van der Waals surface area contributed by atoms with Crippen LogP contribution in [0, 0.1) is 31.9 Å². The summed E-state index contributed by atoms with van der Waals surface area (Å²) in [7, 11) is 1.53. The number of aromatic nitrogens is 2. The molecule has 0 atom stereocenters. The second-order valence-corrected chi connectivity index (χ2v) is 6.66. The van der Waals surface area contributed by atoms with Gasteiger partial charge in [-0.2, -0.15) is 8.78 Å². The molecule has 0 saturated heterocycles. The summed E-state index contributed by atoms with van der Waals surface area (Å²) in [6.45, 7) is 0. The molecule has 11 nitrogen and oxygen atoms in total. The van der Waals surface area contributed by atoms with Crippen molar-refractivity contribution in [1.29, 1.82) is 0 Å². The number of nitrogen functional groups attached to an aromatic ring is 1. The van der Waals surface area contributed by atoms with Gasteiger partial charge in [0, 0.05) is 36.8 Å². The van der Waals surface area contributed by atoms with Gasteiger partial charge < -0.3 is 15.6 Å². The number of nitrogens with two attached hydrogens (primary N) is 1. The monoisotopic (exact) mass is 498 g/mol. The van der Waals surface area contributed by atoms with Crippen LogP contribution in [-0.4, -0.2) is 19.4 Å². The van der Waals surface area contributed by atoms with E-state index in [-0.39, 0.29) is 17.2 Å². The first-order chi connectivity index (χ1) is 14.5. The van der Waals surface area contributed by atoms with Crippen molar-refractivity contribution in [2.75, 3.05) is 11.1 Å². The van der Waals surface area contributed by atoms with Crippen LogP contribution >= 0.6 is 15.9 Å². The molecule has 0 amide bonds. The van der Waals surface area contributed by atoms with Gasteiger partial charge in [-0.3, -0.25) is 25.0 Å². The molecular weight excluding hydrogens is 486 g/mol. The van der Waals surface area contributed by atoms with E-state index in [0.717, 1.165) is 24.3 Å². The third-order valence-corrected chi connectivity index (χ3v) is 4.00. The predicted molar refractivity (Wildman–Crippen MR) is 111 cm³/mol. The highest BCUT2D eigenvalue weighted by Crippen LogP contribution is 2.23. The Kier molecular flexibility index (Phi) is 7.31. The normalized spacial score (nSPS) is 10.1. The fourth-order valence-corrected chi connectivity index (χ4v) is 2.67. The maximum absolute atomic E-state index is 13.2. The number of nitrogens with one attached hydrogen (secondary N) is 1. The second kappa shape index (κ2) is 9.71. The average molecular weight is 499 g/mol. The van der Waals surface area contributed by atoms with Crippen molar-refractivity contribution in [3.63, 3.8) is 0 Å². The van der Waals surface area contributed by atoms with Gasteiger partial charge >= 0.3 is 11.4 Å². The summed E-state index contributed by atoms with van der Waals surface area (Å²) in [6, 6.07) is 6.44. The Morgan fingerprint density at radius 2 is 1.61 bits per heavy atom. The van der Waals surface area contributed by atoms with Crippen LogP contribution in [0.4, 0.5) is 37.3 Å². The lowest BCUT2D eigenvalue weighted by Gasteiger charge is -2.07. The maximum atomic E-state index is 13.2. The number of benzene rings is 2. The van der Waals surface area contributed by atoms with Gasteiger partial charge in [0.05, 0.1) is 9.85 Å². The number of hydrogen-bond donors (Lipinski definition) is 2. The van der Waals surface area contributed by atoms with E-state index in [1.165, 1.54) is 29.9 Å². The summed E-state index contributed by atoms with van der Waals surface area (Å²) in [4.78, 5) is 34.8. The third kappa shape index (κ3) is 6.02. The molecule has 0 aliphatic heterocycles. The summed E-state index contributed by atoms with van der Waals surface area (Å²) in [5.74, 6) is -1.84. The van der Waals surface area contributed by atoms with Gasteiger partial charge in [0.1, 0.15) is 4.60 Å². The van der Waals surface area contributed by atoms with Crippen molar-refractivity contribution >= 4 is 44.5 Å². The highest BCUT2D eigenvalue weighted by Gasteiger charge is 2.15. The van der Waals surface area contributed by atoms with Crippen molar-refractivity contribution in [2.45, 2.75) is 0 Å². The van der Waals surface area contributed by atoms with Gasteiger partial charge in [0.15, 0.2) is 5.82 Å². The Morgan fingerprint density at radius 1 is 1.06 bits per heavy atom. The van der Waals surface area contributed by atoms with E-state index in [9.17, 15) is 33.8 Å². The van der Waals surface area contributed by atoms with E-state index < -0.39 is 38.4 Å². The van der Waals surface area contributed by atoms with Crippen molar-refractivity contribution < 1.29 is 18.6 Å². The van der Waals surface area contributed by atoms with Crippen LogP contribution in [-0.2, 0) is 7.05 Å². The van der Waals surface area contributed by atoms with Gasteiger partial charge in [0.2, 0.25) is 11.6 Å². The van der Waals surface area contributed by atoms with Crippen LogP contribution in [0.1, 0.15) is 0 Å². The molecule has 3 N–H and O–H groups in total. The summed E-state index contributed by atoms with van der Waals surface area (Å²) in [5, 5.41) is 23.4. The molecule has 1 heterocycles. The van der Waals surface area contributed by atoms with E-state index in [2.05, 4.69) is 26.2 Å². The number of hydrogen-bond acceptors (Lipinski definition) is 8. The van der Waals surface area contributed by atoms with Gasteiger partial charge in [-0.25, -0.2) is 4.98 Å². The topological polar surface area (TPSA) is 159 Å². The largest absolute Gasteiger partial charge is 0.399 e. The van der Waals surface area contributed by atoms with E-state index >= 15 is 0 Å². The minimum atomic E-state index is -0.948. The lowest BCUT2D eigenvalue weighted by molar-refractivity contribution is -0.387. The Hall–Kier alpha value is -3.94. The fourth-order valence-electron chi connectivity index (χ4n) is 2.19. The molecule has 0 fully saturated rings. The molecule has 3 aromatic rings. The summed E-state index contributed by atoms with van der Waals surface area (Å²) >= 11 is 3.13. The molecule has 0 unspecified atom stereocenters. The standard InChI is InChI=1S/C11H8BrFN4O3.C6H5FN2O2/c1-16-5-9(12)15-10(11(16)18)14-6-2-3-7(13)8(4-6)17(19)20;7-5-2-1-4(8)3-6(5)9(10)11/h2-5H,1H3,(H,14,15);1-3H,8H2. The smallest absolute Gasteiger partial charge is 0.306 e. The molecule has 0 radical (unpaired) electrons. The minimum absolute atomic E-state index is 0.0252. The van der Waals surface area contributed by atoms with Crippen LogP contribution < -0.4 is 16.6 Å². The number of anilines is 3. The van der Waals surface area contributed by atoms with Crippen molar-refractivity contribution in [3.05, 3.63) is 89.4 Å². The molecule has 14 heteroatoms. The molecule has 0 bridgehead atoms. The molecule has 1 aromatic heterocycles. The van der Waals surface area contributed by atoms with Crippen LogP contribution in [0.5, 0.6) is 0 Å². The first-order valence-electron chi connectivity index (χ1n) is 8.13. The lowest BCUT2D eigenvalue weighted by atomic mass is 10.2. The van der Waals surface area contributed by atoms with Crippen molar-refractivity contribution in [3.8, 4) is 0 Å². The summed E-state index contributed by atoms with van der Waals surface area (Å²) < 4.78 is 27.4. The highest BCUT2D eigenvalue weighted by molar-refractivity contribution is 9.10. The third-order valence-electron chi connectivity index (χ3n) is 3.61. The number of halogens is 3. The first-order valence-corrected chi connectivity index (χ1v) is 8.92. The molecule has 0 aliphatic rings. The highest BCUT2D eigenvalue weighted by atomic mass is 79.9. The van der Waals surface area contributed by atoms with E-state index in [1.807, 2.05) is 0 Å². The molecule has 0 spiro atoms. The van der Waals surface area contributed by atoms with Gasteiger partial charge in [-0.1, -0.05) is 0 Å². The molecule has 0 saturated carbocycles. The zero-order chi connectivity index (χ0) is 23.3. The Balaban J connectivity index is 0.000000262. The Morgan fingerprint density at radius 3 is 2.16 bits per heavy atom. The summed E-state index contributed by atoms with van der Waals surface area (Å²) in [6.07, 6.45) is 1.47. The lowest BCUT2D eigenvalue weighted by Crippen LogP contribution is -2.21. The molecule has 31 heavy (non-hydrogen) atoms. The quantitative estimate of drug-likeness (QED) is 0.313.